The van der Waals surface area contributed by atoms with E-state index < -0.39 is 5.60 Å². The molecule has 0 saturated carbocycles. The number of nitrogens with one attached hydrogen (secondary N) is 1. The van der Waals surface area contributed by atoms with Gasteiger partial charge in [0.1, 0.15) is 22.8 Å². The van der Waals surface area contributed by atoms with Gasteiger partial charge in [-0.25, -0.2) is 0 Å². The molecule has 1 unspecified atom stereocenters. The Bertz CT molecular complexity index is 1170. The number of aliphatic hydroxyl groups is 1. The minimum atomic E-state index is -1.30. The Morgan fingerprint density at radius 3 is 2.69 bits per heavy atom. The predicted molar refractivity (Wildman–Crippen MR) is 126 cm³/mol. The molecule has 1 amide bonds. The number of aryl methyl sites for hydroxylation is 1. The maximum absolute atomic E-state index is 13.0. The molecule has 3 aromatic heterocycles. The number of thiophene rings is 2. The summed E-state index contributed by atoms with van der Waals surface area (Å²) in [5, 5.41) is 24.5. The van der Waals surface area contributed by atoms with Crippen LogP contribution in [0.4, 0.5) is 0 Å². The molecule has 166 valence electrons. The molecule has 4 rings (SSSR count). The minimum Gasteiger partial charge on any atom is -0.497 e. The summed E-state index contributed by atoms with van der Waals surface area (Å²) in [6.45, 7) is 0.0338. The van der Waals surface area contributed by atoms with Gasteiger partial charge in [0.25, 0.3) is 5.91 Å². The van der Waals surface area contributed by atoms with Gasteiger partial charge >= 0.3 is 0 Å². The van der Waals surface area contributed by atoms with E-state index in [2.05, 4.69) is 10.4 Å². The molecule has 4 aromatic rings. The van der Waals surface area contributed by atoms with E-state index in [1.807, 2.05) is 40.4 Å². The Hall–Kier alpha value is -3.14. The van der Waals surface area contributed by atoms with Crippen molar-refractivity contribution >= 4 is 28.6 Å². The zero-order valence-electron chi connectivity index (χ0n) is 17.9. The van der Waals surface area contributed by atoms with Crippen molar-refractivity contribution in [1.82, 2.24) is 15.1 Å². The SMILES string of the molecule is COc1ccc(OC)c(-c2cc(C(=O)NCC(O)(c3ccsc3)c3cccs3)n(C)n2)c1. The number of hydrogen-bond donors (Lipinski definition) is 2. The van der Waals surface area contributed by atoms with E-state index in [1.165, 1.54) is 27.4 Å². The topological polar surface area (TPSA) is 85.6 Å². The van der Waals surface area contributed by atoms with E-state index in [9.17, 15) is 9.90 Å². The van der Waals surface area contributed by atoms with E-state index in [1.54, 1.807) is 39.5 Å². The number of nitrogens with zero attached hydrogens (tertiary/aromatic N) is 2. The maximum Gasteiger partial charge on any atom is 0.269 e. The lowest BCUT2D eigenvalue weighted by Gasteiger charge is -2.26. The highest BCUT2D eigenvalue weighted by Gasteiger charge is 2.34. The molecule has 9 heteroatoms. The molecule has 0 bridgehead atoms. The Morgan fingerprint density at radius 1 is 1.19 bits per heavy atom. The second-order valence-electron chi connectivity index (χ2n) is 7.14. The summed E-state index contributed by atoms with van der Waals surface area (Å²) < 4.78 is 12.3. The van der Waals surface area contributed by atoms with Gasteiger partial charge in [-0.05, 0) is 52.5 Å². The highest BCUT2D eigenvalue weighted by Crippen LogP contribution is 2.35. The summed E-state index contributed by atoms with van der Waals surface area (Å²) in [5.41, 5.74) is 1.11. The van der Waals surface area contributed by atoms with Crippen molar-refractivity contribution in [2.45, 2.75) is 5.60 Å². The van der Waals surface area contributed by atoms with Crippen LogP contribution in [0, 0.1) is 0 Å². The van der Waals surface area contributed by atoms with Crippen LogP contribution in [-0.2, 0) is 12.6 Å². The fourth-order valence-electron chi connectivity index (χ4n) is 3.47. The first-order valence-electron chi connectivity index (χ1n) is 9.80. The third kappa shape index (κ3) is 4.14. The fraction of sp³-hybridized carbons (Fsp3) is 0.217. The van der Waals surface area contributed by atoms with Crippen LogP contribution >= 0.6 is 22.7 Å². The Balaban J connectivity index is 1.59. The van der Waals surface area contributed by atoms with Crippen molar-refractivity contribution in [3.63, 3.8) is 0 Å². The number of methoxy groups -OCH3 is 2. The highest BCUT2D eigenvalue weighted by atomic mass is 32.1. The van der Waals surface area contributed by atoms with Crippen LogP contribution in [-0.4, -0.2) is 41.6 Å². The molecular weight excluding hydrogens is 446 g/mol. The van der Waals surface area contributed by atoms with Gasteiger partial charge in [0.15, 0.2) is 0 Å². The summed E-state index contributed by atoms with van der Waals surface area (Å²) in [6.07, 6.45) is 0. The number of rotatable bonds is 8. The van der Waals surface area contributed by atoms with Crippen LogP contribution < -0.4 is 14.8 Å². The molecule has 0 aliphatic rings. The number of carbonyl (C=O) groups excluding carboxylic acids is 1. The maximum atomic E-state index is 13.0. The quantitative estimate of drug-likeness (QED) is 0.409. The van der Waals surface area contributed by atoms with Crippen molar-refractivity contribution in [1.29, 1.82) is 0 Å². The first kappa shape index (κ1) is 22.1. The van der Waals surface area contributed by atoms with E-state index in [-0.39, 0.29) is 12.5 Å². The summed E-state index contributed by atoms with van der Waals surface area (Å²) in [5.74, 6) is 0.952. The zero-order chi connectivity index (χ0) is 22.7. The zero-order valence-corrected chi connectivity index (χ0v) is 19.5. The Morgan fingerprint density at radius 2 is 2.03 bits per heavy atom. The summed E-state index contributed by atoms with van der Waals surface area (Å²) >= 11 is 2.95. The van der Waals surface area contributed by atoms with Gasteiger partial charge in [0.2, 0.25) is 0 Å². The van der Waals surface area contributed by atoms with Gasteiger partial charge in [-0.1, -0.05) is 6.07 Å². The van der Waals surface area contributed by atoms with Gasteiger partial charge in [-0.15, -0.1) is 11.3 Å². The normalized spacial score (nSPS) is 12.9. The average molecular weight is 470 g/mol. The molecule has 7 nitrogen and oxygen atoms in total. The van der Waals surface area contributed by atoms with E-state index >= 15 is 0 Å². The predicted octanol–water partition coefficient (Wildman–Crippen LogP) is 3.89. The molecule has 2 N–H and O–H groups in total. The lowest BCUT2D eigenvalue weighted by Crippen LogP contribution is -2.41. The third-order valence-corrected chi connectivity index (χ3v) is 6.93. The van der Waals surface area contributed by atoms with Crippen molar-refractivity contribution in [3.8, 4) is 22.8 Å². The number of amides is 1. The molecule has 0 saturated heterocycles. The Labute approximate surface area is 193 Å². The number of aromatic nitrogens is 2. The number of benzene rings is 1. The van der Waals surface area contributed by atoms with Crippen molar-refractivity contribution in [2.75, 3.05) is 20.8 Å². The number of hydrogen-bond acceptors (Lipinski definition) is 7. The van der Waals surface area contributed by atoms with E-state index in [0.717, 1.165) is 16.0 Å². The average Bonchev–Trinajstić information content (AvgIpc) is 3.59. The van der Waals surface area contributed by atoms with Gasteiger partial charge in [0, 0.05) is 23.1 Å². The lowest BCUT2D eigenvalue weighted by atomic mass is 9.94. The minimum absolute atomic E-state index is 0.0338. The summed E-state index contributed by atoms with van der Waals surface area (Å²) in [4.78, 5) is 13.8. The van der Waals surface area contributed by atoms with E-state index in [0.29, 0.717) is 22.9 Å². The number of ether oxygens (including phenoxy) is 2. The van der Waals surface area contributed by atoms with Crippen LogP contribution in [0.15, 0.2) is 58.6 Å². The molecule has 0 aliphatic carbocycles. The fourth-order valence-corrected chi connectivity index (χ4v) is 5.04. The molecule has 3 heterocycles. The first-order chi connectivity index (χ1) is 15.5. The van der Waals surface area contributed by atoms with Gasteiger partial charge < -0.3 is 19.9 Å². The lowest BCUT2D eigenvalue weighted by molar-refractivity contribution is 0.0715. The molecule has 0 spiro atoms. The molecule has 0 radical (unpaired) electrons. The van der Waals surface area contributed by atoms with Crippen LogP contribution in [0.5, 0.6) is 11.5 Å². The second kappa shape index (κ2) is 9.15. The summed E-state index contributed by atoms with van der Waals surface area (Å²) in [6, 6.07) is 12.7. The van der Waals surface area contributed by atoms with Gasteiger partial charge in [0.05, 0.1) is 26.5 Å². The third-order valence-electron chi connectivity index (χ3n) is 5.23. The standard InChI is InChI=1S/C23H23N3O4S2/c1-26-19(12-18(25-26)17-11-16(29-2)6-7-20(17)30-3)22(27)24-14-23(28,15-8-10-31-13-15)21-5-4-9-32-21/h4-13,28H,14H2,1-3H3,(H,24,27). The van der Waals surface area contributed by atoms with E-state index in [4.69, 9.17) is 9.47 Å². The smallest absolute Gasteiger partial charge is 0.269 e. The van der Waals surface area contributed by atoms with Crippen LogP contribution in [0.2, 0.25) is 0 Å². The molecule has 32 heavy (non-hydrogen) atoms. The Kier molecular flexibility index (Phi) is 6.31. The van der Waals surface area contributed by atoms with Gasteiger partial charge in [-0.3, -0.25) is 9.48 Å². The van der Waals surface area contributed by atoms with Crippen LogP contribution in [0.25, 0.3) is 11.3 Å². The van der Waals surface area contributed by atoms with Crippen LogP contribution in [0.1, 0.15) is 20.9 Å². The highest BCUT2D eigenvalue weighted by molar-refractivity contribution is 7.10. The molecule has 1 aromatic carbocycles. The molecule has 0 aliphatic heterocycles. The van der Waals surface area contributed by atoms with Crippen molar-refractivity contribution in [3.05, 3.63) is 74.7 Å². The molecule has 0 fully saturated rings. The number of carbonyl (C=O) groups is 1. The first-order valence-corrected chi connectivity index (χ1v) is 11.6. The van der Waals surface area contributed by atoms with Crippen molar-refractivity contribution in [2.24, 2.45) is 7.05 Å². The molecule has 1 atom stereocenters. The monoisotopic (exact) mass is 469 g/mol. The van der Waals surface area contributed by atoms with Crippen LogP contribution in [0.3, 0.4) is 0 Å². The molecular formula is C23H23N3O4S2. The largest absolute Gasteiger partial charge is 0.497 e. The second-order valence-corrected chi connectivity index (χ2v) is 8.86. The van der Waals surface area contributed by atoms with Crippen molar-refractivity contribution < 1.29 is 19.4 Å². The van der Waals surface area contributed by atoms with Gasteiger partial charge in [-0.2, -0.15) is 16.4 Å². The summed E-state index contributed by atoms with van der Waals surface area (Å²) in [7, 11) is 4.87.